The molecule has 0 heterocycles. The molecule has 2 N–H and O–H groups in total. The molecule has 0 bridgehead atoms. The predicted molar refractivity (Wildman–Crippen MR) is 103 cm³/mol. The normalized spacial score (nSPS) is 14.0. The van der Waals surface area contributed by atoms with Crippen LogP contribution in [0.5, 0.6) is 5.75 Å². The van der Waals surface area contributed by atoms with Crippen LogP contribution in [0.1, 0.15) is 25.3 Å². The van der Waals surface area contributed by atoms with Gasteiger partial charge in [0.25, 0.3) is 0 Å². The van der Waals surface area contributed by atoms with Crippen molar-refractivity contribution >= 4 is 29.9 Å². The number of halogens is 1. The highest BCUT2D eigenvalue weighted by Crippen LogP contribution is 2.27. The standard InChI is InChI=1S/C17H25N3O.HI/c1-3-11-21-16-8-6-5-7-15(16)13-20-17(18-4-2)19-12-14-9-10-14;/h3,5-8,14H,1,4,9-13H2,2H3,(H2,18,19,20);1H. The number of nitrogens with one attached hydrogen (secondary N) is 2. The number of ether oxygens (including phenoxy) is 1. The average Bonchev–Trinajstić information content (AvgIpc) is 3.33. The first kappa shape index (κ1) is 18.8. The number of aliphatic imine (C=N–C) groups is 1. The molecule has 122 valence electrons. The maximum absolute atomic E-state index is 5.66. The summed E-state index contributed by atoms with van der Waals surface area (Å²) in [4.78, 5) is 4.64. The largest absolute Gasteiger partial charge is 0.489 e. The van der Waals surface area contributed by atoms with Gasteiger partial charge in [-0.1, -0.05) is 30.9 Å². The van der Waals surface area contributed by atoms with Crippen LogP contribution in [0.3, 0.4) is 0 Å². The van der Waals surface area contributed by atoms with Gasteiger partial charge in [0.15, 0.2) is 5.96 Å². The van der Waals surface area contributed by atoms with Crippen molar-refractivity contribution in [1.82, 2.24) is 10.6 Å². The molecule has 1 aromatic rings. The highest BCUT2D eigenvalue weighted by molar-refractivity contribution is 14.0. The minimum absolute atomic E-state index is 0. The van der Waals surface area contributed by atoms with E-state index in [4.69, 9.17) is 4.74 Å². The Morgan fingerprint density at radius 3 is 2.82 bits per heavy atom. The molecule has 0 saturated heterocycles. The van der Waals surface area contributed by atoms with E-state index in [1.54, 1.807) is 6.08 Å². The van der Waals surface area contributed by atoms with E-state index >= 15 is 0 Å². The molecule has 0 spiro atoms. The lowest BCUT2D eigenvalue weighted by molar-refractivity contribution is 0.359. The molecule has 1 saturated carbocycles. The lowest BCUT2D eigenvalue weighted by Crippen LogP contribution is -2.38. The van der Waals surface area contributed by atoms with E-state index in [9.17, 15) is 0 Å². The first-order valence-electron chi connectivity index (χ1n) is 7.67. The predicted octanol–water partition coefficient (Wildman–Crippen LogP) is 3.33. The van der Waals surface area contributed by atoms with Crippen LogP contribution in [0.15, 0.2) is 41.9 Å². The van der Waals surface area contributed by atoms with Crippen molar-refractivity contribution in [3.8, 4) is 5.75 Å². The van der Waals surface area contributed by atoms with E-state index in [1.807, 2.05) is 24.3 Å². The summed E-state index contributed by atoms with van der Waals surface area (Å²) < 4.78 is 5.66. The Labute approximate surface area is 150 Å². The van der Waals surface area contributed by atoms with Gasteiger partial charge in [0.2, 0.25) is 0 Å². The molecule has 1 aromatic carbocycles. The number of hydrogen-bond donors (Lipinski definition) is 2. The van der Waals surface area contributed by atoms with Gasteiger partial charge in [0, 0.05) is 18.7 Å². The number of guanidine groups is 1. The molecule has 0 aromatic heterocycles. The van der Waals surface area contributed by atoms with Crippen molar-refractivity contribution in [2.45, 2.75) is 26.3 Å². The summed E-state index contributed by atoms with van der Waals surface area (Å²) in [5, 5.41) is 6.68. The average molecular weight is 415 g/mol. The molecule has 2 rings (SSSR count). The minimum atomic E-state index is 0. The van der Waals surface area contributed by atoms with Gasteiger partial charge in [-0.25, -0.2) is 4.99 Å². The third kappa shape index (κ3) is 6.68. The summed E-state index contributed by atoms with van der Waals surface area (Å²) in [6.45, 7) is 8.76. The van der Waals surface area contributed by atoms with Crippen LogP contribution in [-0.4, -0.2) is 25.7 Å². The maximum Gasteiger partial charge on any atom is 0.191 e. The van der Waals surface area contributed by atoms with Gasteiger partial charge in [0.05, 0.1) is 6.54 Å². The van der Waals surface area contributed by atoms with Crippen LogP contribution in [0, 0.1) is 5.92 Å². The van der Waals surface area contributed by atoms with Crippen molar-refractivity contribution < 1.29 is 4.74 Å². The van der Waals surface area contributed by atoms with E-state index in [0.717, 1.165) is 36.3 Å². The fraction of sp³-hybridized carbons (Fsp3) is 0.471. The Hall–Kier alpha value is -1.24. The lowest BCUT2D eigenvalue weighted by Gasteiger charge is -2.12. The summed E-state index contributed by atoms with van der Waals surface area (Å²) in [6, 6.07) is 8.00. The Morgan fingerprint density at radius 1 is 1.36 bits per heavy atom. The summed E-state index contributed by atoms with van der Waals surface area (Å²) in [5.74, 6) is 2.58. The SMILES string of the molecule is C=CCOc1ccccc1CN=C(NCC)NCC1CC1.I. The molecule has 4 nitrogen and oxygen atoms in total. The lowest BCUT2D eigenvalue weighted by atomic mass is 10.2. The summed E-state index contributed by atoms with van der Waals surface area (Å²) in [6.07, 6.45) is 4.43. The van der Waals surface area contributed by atoms with Crippen molar-refractivity contribution in [1.29, 1.82) is 0 Å². The van der Waals surface area contributed by atoms with Crippen molar-refractivity contribution in [3.63, 3.8) is 0 Å². The zero-order chi connectivity index (χ0) is 14.9. The molecule has 0 unspecified atom stereocenters. The van der Waals surface area contributed by atoms with Gasteiger partial charge in [-0.05, 0) is 31.7 Å². The smallest absolute Gasteiger partial charge is 0.191 e. The second kappa shape index (κ2) is 10.5. The van der Waals surface area contributed by atoms with Gasteiger partial charge >= 0.3 is 0 Å². The first-order valence-corrected chi connectivity index (χ1v) is 7.67. The Bertz CT molecular complexity index is 487. The second-order valence-electron chi connectivity index (χ2n) is 5.23. The van der Waals surface area contributed by atoms with E-state index in [0.29, 0.717) is 13.2 Å². The molecule has 0 aliphatic heterocycles. The van der Waals surface area contributed by atoms with Crippen LogP contribution in [0.2, 0.25) is 0 Å². The van der Waals surface area contributed by atoms with Gasteiger partial charge in [-0.2, -0.15) is 0 Å². The molecule has 1 aliphatic carbocycles. The molecule has 0 radical (unpaired) electrons. The van der Waals surface area contributed by atoms with Crippen molar-refractivity contribution in [2.75, 3.05) is 19.7 Å². The van der Waals surface area contributed by atoms with E-state index in [-0.39, 0.29) is 24.0 Å². The molecular weight excluding hydrogens is 389 g/mol. The molecule has 22 heavy (non-hydrogen) atoms. The van der Waals surface area contributed by atoms with Crippen molar-refractivity contribution in [2.24, 2.45) is 10.9 Å². The van der Waals surface area contributed by atoms with Crippen molar-refractivity contribution in [3.05, 3.63) is 42.5 Å². The van der Waals surface area contributed by atoms with Gasteiger partial charge in [-0.3, -0.25) is 0 Å². The van der Waals surface area contributed by atoms with Crippen LogP contribution in [-0.2, 0) is 6.54 Å². The molecule has 0 atom stereocenters. The third-order valence-electron chi connectivity index (χ3n) is 3.34. The first-order chi connectivity index (χ1) is 10.3. The molecule has 5 heteroatoms. The third-order valence-corrected chi connectivity index (χ3v) is 3.34. The fourth-order valence-electron chi connectivity index (χ4n) is 1.99. The van der Waals surface area contributed by atoms with E-state index in [2.05, 4.69) is 29.1 Å². The van der Waals surface area contributed by atoms with Crippen LogP contribution in [0.25, 0.3) is 0 Å². The fourth-order valence-corrected chi connectivity index (χ4v) is 1.99. The van der Waals surface area contributed by atoms with Crippen LogP contribution in [0.4, 0.5) is 0 Å². The molecule has 0 amide bonds. The maximum atomic E-state index is 5.66. The Balaban J connectivity index is 0.00000242. The molecule has 1 aliphatic rings. The topological polar surface area (TPSA) is 45.6 Å². The highest BCUT2D eigenvalue weighted by Gasteiger charge is 2.21. The second-order valence-corrected chi connectivity index (χ2v) is 5.23. The van der Waals surface area contributed by atoms with Crippen LogP contribution >= 0.6 is 24.0 Å². The van der Waals surface area contributed by atoms with Gasteiger partial charge < -0.3 is 15.4 Å². The van der Waals surface area contributed by atoms with Gasteiger partial charge in [-0.15, -0.1) is 24.0 Å². The summed E-state index contributed by atoms with van der Waals surface area (Å²) >= 11 is 0. The number of nitrogens with zero attached hydrogens (tertiary/aromatic N) is 1. The number of benzene rings is 1. The van der Waals surface area contributed by atoms with E-state index < -0.39 is 0 Å². The molecular formula is C17H26IN3O. The van der Waals surface area contributed by atoms with Crippen LogP contribution < -0.4 is 15.4 Å². The zero-order valence-electron chi connectivity index (χ0n) is 13.2. The highest BCUT2D eigenvalue weighted by atomic mass is 127. The summed E-state index contributed by atoms with van der Waals surface area (Å²) in [5.41, 5.74) is 1.09. The zero-order valence-corrected chi connectivity index (χ0v) is 15.5. The Morgan fingerprint density at radius 2 is 2.14 bits per heavy atom. The van der Waals surface area contributed by atoms with E-state index in [1.165, 1.54) is 12.8 Å². The quantitative estimate of drug-likeness (QED) is 0.296. The number of para-hydroxylation sites is 1. The van der Waals surface area contributed by atoms with Gasteiger partial charge in [0.1, 0.15) is 12.4 Å². The molecule has 1 fully saturated rings. The minimum Gasteiger partial charge on any atom is -0.489 e. The number of rotatable bonds is 8. The Kier molecular flexibility index (Phi) is 8.96. The summed E-state index contributed by atoms with van der Waals surface area (Å²) in [7, 11) is 0. The number of hydrogen-bond acceptors (Lipinski definition) is 2. The monoisotopic (exact) mass is 415 g/mol.